The third kappa shape index (κ3) is 1.96. The molecule has 2 nitrogen and oxygen atoms in total. The SMILES string of the molecule is C#C[C@]1(O)CCC2[C@H]3CCC4=CC(=O)CC[C@@H]4C3CC[C@@]21CC. The molecule has 0 aliphatic heterocycles. The summed E-state index contributed by atoms with van der Waals surface area (Å²) in [5.41, 5.74) is 0.474. The highest BCUT2D eigenvalue weighted by Crippen LogP contribution is 2.66. The molecular weight excluding hydrogens is 284 g/mol. The van der Waals surface area contributed by atoms with E-state index in [1.54, 1.807) is 0 Å². The molecule has 0 aromatic rings. The highest BCUT2D eigenvalue weighted by molar-refractivity contribution is 5.91. The second kappa shape index (κ2) is 5.21. The molecule has 0 bridgehead atoms. The average Bonchev–Trinajstić information content (AvgIpc) is 2.88. The first kappa shape index (κ1) is 15.5. The summed E-state index contributed by atoms with van der Waals surface area (Å²) in [6.07, 6.45) is 16.9. The van der Waals surface area contributed by atoms with Gasteiger partial charge in [0.05, 0.1) is 0 Å². The molecule has 0 aromatic heterocycles. The highest BCUT2D eigenvalue weighted by atomic mass is 16.3. The Kier molecular flexibility index (Phi) is 3.50. The van der Waals surface area contributed by atoms with Gasteiger partial charge in [-0.1, -0.05) is 18.4 Å². The van der Waals surface area contributed by atoms with Gasteiger partial charge in [-0.3, -0.25) is 4.79 Å². The van der Waals surface area contributed by atoms with Crippen LogP contribution in [0.3, 0.4) is 0 Å². The van der Waals surface area contributed by atoms with E-state index >= 15 is 0 Å². The first-order valence-electron chi connectivity index (χ1n) is 9.48. The number of ketones is 1. The summed E-state index contributed by atoms with van der Waals surface area (Å²) in [6, 6.07) is 0. The van der Waals surface area contributed by atoms with Gasteiger partial charge in [0.25, 0.3) is 0 Å². The Hall–Kier alpha value is -1.07. The van der Waals surface area contributed by atoms with Gasteiger partial charge in [0, 0.05) is 11.8 Å². The molecule has 0 amide bonds. The molecule has 0 saturated heterocycles. The van der Waals surface area contributed by atoms with Crippen molar-refractivity contribution in [2.45, 2.75) is 70.3 Å². The molecule has 0 spiro atoms. The topological polar surface area (TPSA) is 37.3 Å². The number of allylic oxidation sites excluding steroid dienone is 1. The molecule has 0 heterocycles. The van der Waals surface area contributed by atoms with Crippen molar-refractivity contribution < 1.29 is 9.90 Å². The second-order valence-corrected chi connectivity index (χ2v) is 8.40. The van der Waals surface area contributed by atoms with E-state index in [4.69, 9.17) is 6.42 Å². The van der Waals surface area contributed by atoms with Crippen LogP contribution >= 0.6 is 0 Å². The fourth-order valence-corrected chi connectivity index (χ4v) is 6.96. The molecule has 3 fully saturated rings. The molecule has 1 N–H and O–H groups in total. The maximum atomic E-state index is 11.8. The van der Waals surface area contributed by atoms with Gasteiger partial charge in [-0.25, -0.2) is 0 Å². The molecule has 3 saturated carbocycles. The van der Waals surface area contributed by atoms with Crippen LogP contribution in [0.5, 0.6) is 0 Å². The van der Waals surface area contributed by atoms with Gasteiger partial charge in [0.15, 0.2) is 5.78 Å². The summed E-state index contributed by atoms with van der Waals surface area (Å²) in [5.74, 6) is 5.73. The van der Waals surface area contributed by atoms with Gasteiger partial charge in [-0.2, -0.15) is 0 Å². The molecule has 23 heavy (non-hydrogen) atoms. The molecule has 6 atom stereocenters. The lowest BCUT2D eigenvalue weighted by Crippen LogP contribution is -2.53. The molecule has 4 aliphatic carbocycles. The third-order valence-electron chi connectivity index (χ3n) is 8.02. The van der Waals surface area contributed by atoms with Gasteiger partial charge in [0.1, 0.15) is 5.60 Å². The van der Waals surface area contributed by atoms with Crippen molar-refractivity contribution in [1.82, 2.24) is 0 Å². The normalized spacial score (nSPS) is 48.7. The minimum atomic E-state index is -0.893. The van der Waals surface area contributed by atoms with Gasteiger partial charge in [-0.05, 0) is 81.1 Å². The zero-order chi connectivity index (χ0) is 16.2. The molecule has 2 heteroatoms. The zero-order valence-electron chi connectivity index (χ0n) is 14.2. The number of carbonyl (C=O) groups excluding carboxylic acids is 1. The quantitative estimate of drug-likeness (QED) is 0.746. The van der Waals surface area contributed by atoms with Gasteiger partial charge >= 0.3 is 0 Å². The molecule has 124 valence electrons. The Balaban J connectivity index is 1.67. The predicted octanol–water partition coefficient (Wildman–Crippen LogP) is 3.88. The van der Waals surface area contributed by atoms with Crippen molar-refractivity contribution >= 4 is 5.78 Å². The largest absolute Gasteiger partial charge is 0.377 e. The van der Waals surface area contributed by atoms with Crippen LogP contribution in [-0.2, 0) is 4.79 Å². The number of hydrogen-bond donors (Lipinski definition) is 1. The standard InChI is InChI=1S/C21H28O2/c1-3-20-11-9-17-16-8-6-15(22)13-14(16)5-7-18(17)19(20)10-12-21(20,23)4-2/h2,13,16-19,23H,3,5-12H2,1H3/t16-,17?,18-,19?,20-,21-/m0/s1. The molecular formula is C21H28O2. The van der Waals surface area contributed by atoms with Crippen LogP contribution in [0.4, 0.5) is 0 Å². The van der Waals surface area contributed by atoms with E-state index in [-0.39, 0.29) is 5.41 Å². The minimum absolute atomic E-state index is 0.0609. The fraction of sp³-hybridized carbons (Fsp3) is 0.762. The molecule has 4 aliphatic rings. The molecule has 4 rings (SSSR count). The lowest BCUT2D eigenvalue weighted by atomic mass is 9.49. The van der Waals surface area contributed by atoms with Crippen molar-refractivity contribution in [2.24, 2.45) is 29.1 Å². The Bertz CT molecular complexity index is 597. The van der Waals surface area contributed by atoms with Crippen LogP contribution in [0.15, 0.2) is 11.6 Å². The number of carbonyl (C=O) groups is 1. The number of rotatable bonds is 1. The van der Waals surface area contributed by atoms with E-state index < -0.39 is 5.60 Å². The summed E-state index contributed by atoms with van der Waals surface area (Å²) in [6.45, 7) is 2.22. The van der Waals surface area contributed by atoms with Crippen molar-refractivity contribution in [1.29, 1.82) is 0 Å². The van der Waals surface area contributed by atoms with Crippen LogP contribution in [-0.4, -0.2) is 16.5 Å². The minimum Gasteiger partial charge on any atom is -0.377 e. The van der Waals surface area contributed by atoms with Crippen LogP contribution in [0.25, 0.3) is 0 Å². The fourth-order valence-electron chi connectivity index (χ4n) is 6.96. The van der Waals surface area contributed by atoms with Gasteiger partial charge < -0.3 is 5.11 Å². The zero-order valence-corrected chi connectivity index (χ0v) is 14.2. The molecule has 0 radical (unpaired) electrons. The first-order chi connectivity index (χ1) is 11.0. The number of hydrogen-bond acceptors (Lipinski definition) is 2. The summed E-state index contributed by atoms with van der Waals surface area (Å²) < 4.78 is 0. The van der Waals surface area contributed by atoms with E-state index in [1.807, 2.05) is 6.08 Å². The van der Waals surface area contributed by atoms with E-state index in [1.165, 1.54) is 18.4 Å². The summed E-state index contributed by atoms with van der Waals surface area (Å²) in [7, 11) is 0. The molecule has 0 aromatic carbocycles. The van der Waals surface area contributed by atoms with Crippen molar-refractivity contribution in [3.63, 3.8) is 0 Å². The average molecular weight is 312 g/mol. The number of fused-ring (bicyclic) bond motifs is 5. The van der Waals surface area contributed by atoms with Gasteiger partial charge in [-0.15, -0.1) is 6.42 Å². The van der Waals surface area contributed by atoms with E-state index in [2.05, 4.69) is 12.8 Å². The predicted molar refractivity (Wildman–Crippen MR) is 90.5 cm³/mol. The van der Waals surface area contributed by atoms with E-state index in [9.17, 15) is 9.90 Å². The van der Waals surface area contributed by atoms with Crippen LogP contribution in [0.1, 0.15) is 64.7 Å². The maximum absolute atomic E-state index is 11.8. The molecule has 2 unspecified atom stereocenters. The van der Waals surface area contributed by atoms with Crippen LogP contribution < -0.4 is 0 Å². The van der Waals surface area contributed by atoms with Gasteiger partial charge in [0.2, 0.25) is 0 Å². The van der Waals surface area contributed by atoms with Crippen molar-refractivity contribution in [3.8, 4) is 12.3 Å². The lowest BCUT2D eigenvalue weighted by molar-refractivity contribution is -0.117. The van der Waals surface area contributed by atoms with Crippen LogP contribution in [0.2, 0.25) is 0 Å². The lowest BCUT2D eigenvalue weighted by Gasteiger charge is -2.55. The smallest absolute Gasteiger partial charge is 0.155 e. The first-order valence-corrected chi connectivity index (χ1v) is 9.48. The van der Waals surface area contributed by atoms with Crippen molar-refractivity contribution in [3.05, 3.63) is 11.6 Å². The maximum Gasteiger partial charge on any atom is 0.155 e. The van der Waals surface area contributed by atoms with Crippen molar-refractivity contribution in [2.75, 3.05) is 0 Å². The number of terminal acetylenes is 1. The second-order valence-electron chi connectivity index (χ2n) is 8.40. The number of aliphatic hydroxyl groups is 1. The van der Waals surface area contributed by atoms with E-state index in [0.29, 0.717) is 29.5 Å². The summed E-state index contributed by atoms with van der Waals surface area (Å²) >= 11 is 0. The summed E-state index contributed by atoms with van der Waals surface area (Å²) in [4.78, 5) is 11.8. The Labute approximate surface area is 139 Å². The Morgan fingerprint density at radius 2 is 2.04 bits per heavy atom. The monoisotopic (exact) mass is 312 g/mol. The Morgan fingerprint density at radius 3 is 2.78 bits per heavy atom. The highest BCUT2D eigenvalue weighted by Gasteiger charge is 2.63. The third-order valence-corrected chi connectivity index (χ3v) is 8.02. The summed E-state index contributed by atoms with van der Waals surface area (Å²) in [5, 5.41) is 11.1. The Morgan fingerprint density at radius 1 is 1.22 bits per heavy atom. The van der Waals surface area contributed by atoms with E-state index in [0.717, 1.165) is 44.9 Å². The van der Waals surface area contributed by atoms with Crippen LogP contribution in [0, 0.1) is 41.4 Å².